The highest BCUT2D eigenvalue weighted by atomic mass is 35.5. The van der Waals surface area contributed by atoms with Crippen molar-refractivity contribution in [2.75, 3.05) is 13.1 Å². The topological polar surface area (TPSA) is 49.8 Å². The van der Waals surface area contributed by atoms with Crippen LogP contribution in [-0.4, -0.2) is 22.6 Å². The lowest BCUT2D eigenvalue weighted by Gasteiger charge is -2.23. The van der Waals surface area contributed by atoms with Crippen molar-refractivity contribution >= 4 is 22.6 Å². The summed E-state index contributed by atoms with van der Waals surface area (Å²) in [7, 11) is 0. The smallest absolute Gasteiger partial charge is 0.316 e. The van der Waals surface area contributed by atoms with Crippen molar-refractivity contribution in [1.82, 2.24) is 14.9 Å². The van der Waals surface area contributed by atoms with E-state index in [0.29, 0.717) is 10.9 Å². The Kier molecular flexibility index (Phi) is 3.14. The van der Waals surface area contributed by atoms with Crippen LogP contribution in [-0.2, 0) is 6.54 Å². The lowest BCUT2D eigenvalue weighted by atomic mass is 10.00. The molecule has 5 heteroatoms. The van der Waals surface area contributed by atoms with Gasteiger partial charge in [0.05, 0.1) is 16.1 Å². The molecule has 2 heterocycles. The van der Waals surface area contributed by atoms with Crippen LogP contribution in [0.1, 0.15) is 12.8 Å². The molecule has 1 unspecified atom stereocenters. The van der Waals surface area contributed by atoms with Gasteiger partial charge in [-0.15, -0.1) is 0 Å². The summed E-state index contributed by atoms with van der Waals surface area (Å²) < 4.78 is 1.77. The van der Waals surface area contributed by atoms with E-state index >= 15 is 0 Å². The van der Waals surface area contributed by atoms with Crippen molar-refractivity contribution in [2.24, 2.45) is 5.92 Å². The summed E-state index contributed by atoms with van der Waals surface area (Å²) in [6, 6.07) is 5.57. The van der Waals surface area contributed by atoms with Crippen LogP contribution in [0.5, 0.6) is 0 Å². The number of H-pyrrole nitrogens is 1. The Morgan fingerprint density at radius 1 is 1.44 bits per heavy atom. The van der Waals surface area contributed by atoms with E-state index in [1.54, 1.807) is 4.57 Å². The summed E-state index contributed by atoms with van der Waals surface area (Å²) in [6.07, 6.45) is 2.34. The fourth-order valence-electron chi connectivity index (χ4n) is 2.69. The minimum Gasteiger partial charge on any atom is -0.316 e. The predicted molar refractivity (Wildman–Crippen MR) is 73.2 cm³/mol. The van der Waals surface area contributed by atoms with Crippen molar-refractivity contribution < 1.29 is 0 Å². The van der Waals surface area contributed by atoms with Gasteiger partial charge >= 0.3 is 5.69 Å². The molecule has 1 atom stereocenters. The number of nitrogens with zero attached hydrogens (tertiary/aromatic N) is 1. The Hall–Kier alpha value is -1.26. The number of hydrogen-bond acceptors (Lipinski definition) is 2. The van der Waals surface area contributed by atoms with Crippen LogP contribution in [0.15, 0.2) is 23.0 Å². The van der Waals surface area contributed by atoms with Crippen molar-refractivity contribution in [3.63, 3.8) is 0 Å². The summed E-state index contributed by atoms with van der Waals surface area (Å²) >= 11 is 6.20. The molecule has 96 valence electrons. The SMILES string of the molecule is O=c1[nH]c2cccc(Cl)c2n1CC1CCCNC1. The molecule has 0 radical (unpaired) electrons. The molecule has 4 nitrogen and oxygen atoms in total. The Bertz CT molecular complexity index is 610. The average Bonchev–Trinajstić information content (AvgIpc) is 2.69. The summed E-state index contributed by atoms with van der Waals surface area (Å²) in [4.78, 5) is 14.9. The number of aromatic nitrogens is 2. The van der Waals surface area contributed by atoms with Gasteiger partial charge < -0.3 is 10.3 Å². The van der Waals surface area contributed by atoms with Crippen molar-refractivity contribution in [3.05, 3.63) is 33.7 Å². The number of piperidine rings is 1. The number of rotatable bonds is 2. The van der Waals surface area contributed by atoms with Crippen LogP contribution in [0.4, 0.5) is 0 Å². The third-order valence-electron chi connectivity index (χ3n) is 3.58. The molecule has 18 heavy (non-hydrogen) atoms. The lowest BCUT2D eigenvalue weighted by molar-refractivity contribution is 0.337. The van der Waals surface area contributed by atoms with Gasteiger partial charge in [-0.2, -0.15) is 0 Å². The number of imidazole rings is 1. The number of halogens is 1. The van der Waals surface area contributed by atoms with Crippen molar-refractivity contribution in [1.29, 1.82) is 0 Å². The second kappa shape index (κ2) is 4.78. The third-order valence-corrected chi connectivity index (χ3v) is 3.89. The monoisotopic (exact) mass is 265 g/mol. The fraction of sp³-hybridized carbons (Fsp3) is 0.462. The van der Waals surface area contributed by atoms with E-state index in [1.807, 2.05) is 18.2 Å². The number of para-hydroxylation sites is 1. The number of benzene rings is 1. The number of aromatic amines is 1. The molecule has 0 aliphatic carbocycles. The molecule has 0 amide bonds. The molecule has 1 aliphatic heterocycles. The van der Waals surface area contributed by atoms with Crippen LogP contribution < -0.4 is 11.0 Å². The highest BCUT2D eigenvalue weighted by Crippen LogP contribution is 2.22. The molecule has 1 aromatic heterocycles. The second-order valence-corrected chi connectivity index (χ2v) is 5.30. The minimum atomic E-state index is -0.0660. The first-order valence-electron chi connectivity index (χ1n) is 6.33. The molecular weight excluding hydrogens is 250 g/mol. The molecule has 1 saturated heterocycles. The molecule has 1 aromatic carbocycles. The van der Waals surface area contributed by atoms with Crippen LogP contribution in [0.2, 0.25) is 5.02 Å². The minimum absolute atomic E-state index is 0.0660. The van der Waals surface area contributed by atoms with Crippen LogP contribution in [0.3, 0.4) is 0 Å². The van der Waals surface area contributed by atoms with E-state index in [2.05, 4.69) is 10.3 Å². The molecule has 1 fully saturated rings. The van der Waals surface area contributed by atoms with Crippen LogP contribution in [0, 0.1) is 5.92 Å². The normalized spacial score (nSPS) is 20.4. The number of nitrogens with one attached hydrogen (secondary N) is 2. The van der Waals surface area contributed by atoms with Crippen LogP contribution >= 0.6 is 11.6 Å². The zero-order valence-corrected chi connectivity index (χ0v) is 10.8. The molecule has 0 bridgehead atoms. The molecule has 0 saturated carbocycles. The van der Waals surface area contributed by atoms with Gasteiger partial charge in [-0.25, -0.2) is 4.79 Å². The molecule has 0 spiro atoms. The third kappa shape index (κ3) is 2.06. The molecular formula is C13H16ClN3O. The Balaban J connectivity index is 2.00. The molecule has 2 N–H and O–H groups in total. The van der Waals surface area contributed by atoms with Gasteiger partial charge in [-0.3, -0.25) is 4.57 Å². The predicted octanol–water partition coefficient (Wildman–Crippen LogP) is 1.98. The van der Waals surface area contributed by atoms with E-state index in [4.69, 9.17) is 11.6 Å². The van der Waals surface area contributed by atoms with Gasteiger partial charge in [0, 0.05) is 6.54 Å². The zero-order chi connectivity index (χ0) is 12.5. The maximum absolute atomic E-state index is 12.0. The van der Waals surface area contributed by atoms with Crippen LogP contribution in [0.25, 0.3) is 11.0 Å². The van der Waals surface area contributed by atoms with E-state index < -0.39 is 0 Å². The lowest BCUT2D eigenvalue weighted by Crippen LogP contribution is -2.34. The van der Waals surface area contributed by atoms with Gasteiger partial charge in [-0.05, 0) is 44.0 Å². The fourth-order valence-corrected chi connectivity index (χ4v) is 2.96. The Labute approximate surface area is 110 Å². The standard InChI is InChI=1S/C13H16ClN3O/c14-10-4-1-5-11-12(10)17(13(18)16-11)8-9-3-2-6-15-7-9/h1,4-5,9,15H,2-3,6-8H2,(H,16,18). The maximum Gasteiger partial charge on any atom is 0.326 e. The first-order valence-corrected chi connectivity index (χ1v) is 6.71. The first kappa shape index (κ1) is 11.8. The first-order chi connectivity index (χ1) is 8.75. The van der Waals surface area contributed by atoms with E-state index in [9.17, 15) is 4.79 Å². The maximum atomic E-state index is 12.0. The van der Waals surface area contributed by atoms with E-state index in [0.717, 1.165) is 37.1 Å². The average molecular weight is 266 g/mol. The van der Waals surface area contributed by atoms with Gasteiger partial charge in [0.2, 0.25) is 0 Å². The number of fused-ring (bicyclic) bond motifs is 1. The largest absolute Gasteiger partial charge is 0.326 e. The Morgan fingerprint density at radius 2 is 2.33 bits per heavy atom. The van der Waals surface area contributed by atoms with E-state index in [1.165, 1.54) is 6.42 Å². The molecule has 3 rings (SSSR count). The van der Waals surface area contributed by atoms with Gasteiger partial charge in [0.15, 0.2) is 0 Å². The van der Waals surface area contributed by atoms with Crippen molar-refractivity contribution in [2.45, 2.75) is 19.4 Å². The van der Waals surface area contributed by atoms with Gasteiger partial charge in [0.1, 0.15) is 0 Å². The number of hydrogen-bond donors (Lipinski definition) is 2. The summed E-state index contributed by atoms with van der Waals surface area (Å²) in [6.45, 7) is 2.79. The highest BCUT2D eigenvalue weighted by molar-refractivity contribution is 6.34. The van der Waals surface area contributed by atoms with E-state index in [-0.39, 0.29) is 5.69 Å². The second-order valence-electron chi connectivity index (χ2n) is 4.89. The summed E-state index contributed by atoms with van der Waals surface area (Å²) in [5.74, 6) is 0.506. The van der Waals surface area contributed by atoms with Gasteiger partial charge in [0.25, 0.3) is 0 Å². The Morgan fingerprint density at radius 3 is 3.11 bits per heavy atom. The zero-order valence-electron chi connectivity index (χ0n) is 10.1. The summed E-state index contributed by atoms with van der Waals surface area (Å²) in [5.41, 5.74) is 1.58. The molecule has 1 aliphatic rings. The van der Waals surface area contributed by atoms with Crippen molar-refractivity contribution in [3.8, 4) is 0 Å². The summed E-state index contributed by atoms with van der Waals surface area (Å²) in [5, 5.41) is 4.00. The van der Waals surface area contributed by atoms with Gasteiger partial charge in [-0.1, -0.05) is 17.7 Å². The quantitative estimate of drug-likeness (QED) is 0.872. The molecule has 2 aromatic rings. The highest BCUT2D eigenvalue weighted by Gasteiger charge is 2.17.